The van der Waals surface area contributed by atoms with Gasteiger partial charge in [0.2, 0.25) is 0 Å². The summed E-state index contributed by atoms with van der Waals surface area (Å²) in [5.41, 5.74) is 0. The van der Waals surface area contributed by atoms with Gasteiger partial charge in [0.1, 0.15) is 6.04 Å². The number of carboxylic acids is 1. The molecule has 0 amide bonds. The first-order valence-corrected chi connectivity index (χ1v) is 6.53. The minimum atomic E-state index is -0.715. The van der Waals surface area contributed by atoms with Crippen molar-refractivity contribution >= 4 is 5.97 Å². The fourth-order valence-electron chi connectivity index (χ4n) is 2.54. The van der Waals surface area contributed by atoms with Gasteiger partial charge >= 0.3 is 5.97 Å². The van der Waals surface area contributed by atoms with Crippen molar-refractivity contribution in [3.8, 4) is 0 Å². The molecule has 3 nitrogen and oxygen atoms in total. The predicted molar refractivity (Wildman–Crippen MR) is 65.4 cm³/mol. The van der Waals surface area contributed by atoms with Crippen LogP contribution in [-0.2, 0) is 4.79 Å². The van der Waals surface area contributed by atoms with Crippen LogP contribution in [0.5, 0.6) is 0 Å². The van der Waals surface area contributed by atoms with Crippen molar-refractivity contribution in [2.75, 3.05) is 0 Å². The summed E-state index contributed by atoms with van der Waals surface area (Å²) < 4.78 is 0. The average Bonchev–Trinajstić information content (AvgIpc) is 2.25. The maximum Gasteiger partial charge on any atom is 0.320 e. The lowest BCUT2D eigenvalue weighted by Gasteiger charge is -2.31. The predicted octanol–water partition coefficient (Wildman–Crippen LogP) is 2.65. The topological polar surface area (TPSA) is 49.3 Å². The van der Waals surface area contributed by atoms with E-state index in [0.29, 0.717) is 6.04 Å². The quantitative estimate of drug-likeness (QED) is 0.759. The van der Waals surface area contributed by atoms with Crippen molar-refractivity contribution in [1.29, 1.82) is 0 Å². The molecule has 1 atom stereocenters. The molecule has 0 aromatic carbocycles. The van der Waals surface area contributed by atoms with Crippen LogP contribution >= 0.6 is 0 Å². The van der Waals surface area contributed by atoms with Crippen molar-refractivity contribution in [2.24, 2.45) is 11.8 Å². The Morgan fingerprint density at radius 2 is 1.88 bits per heavy atom. The second kappa shape index (κ2) is 6.24. The summed E-state index contributed by atoms with van der Waals surface area (Å²) in [5, 5.41) is 12.4. The van der Waals surface area contributed by atoms with E-state index in [1.54, 1.807) is 0 Å². The highest BCUT2D eigenvalue weighted by atomic mass is 16.4. The number of carboxylic acid groups (broad SMARTS) is 1. The van der Waals surface area contributed by atoms with Crippen LogP contribution in [0.25, 0.3) is 0 Å². The van der Waals surface area contributed by atoms with Crippen molar-refractivity contribution in [3.05, 3.63) is 0 Å². The molecule has 0 spiro atoms. The molecule has 94 valence electrons. The number of hydrogen-bond donors (Lipinski definition) is 2. The summed E-state index contributed by atoms with van der Waals surface area (Å²) >= 11 is 0. The Morgan fingerprint density at radius 1 is 1.31 bits per heavy atom. The van der Waals surface area contributed by atoms with Gasteiger partial charge in [-0.15, -0.1) is 0 Å². The molecular formula is C13H25NO2. The number of rotatable bonds is 5. The smallest absolute Gasteiger partial charge is 0.320 e. The van der Waals surface area contributed by atoms with E-state index in [9.17, 15) is 4.79 Å². The molecule has 1 aliphatic carbocycles. The monoisotopic (exact) mass is 227 g/mol. The Bertz CT molecular complexity index is 220. The molecule has 0 bridgehead atoms. The van der Waals surface area contributed by atoms with Crippen molar-refractivity contribution in [3.63, 3.8) is 0 Å². The normalized spacial score (nSPS) is 28.0. The van der Waals surface area contributed by atoms with Crippen molar-refractivity contribution in [2.45, 2.75) is 65.0 Å². The lowest BCUT2D eigenvalue weighted by molar-refractivity contribution is -0.141. The maximum absolute atomic E-state index is 11.1. The van der Waals surface area contributed by atoms with E-state index >= 15 is 0 Å². The molecule has 0 aromatic rings. The number of nitrogens with one attached hydrogen (secondary N) is 1. The van der Waals surface area contributed by atoms with Crippen LogP contribution in [0.1, 0.15) is 52.9 Å². The minimum absolute atomic E-state index is 0.154. The molecule has 2 N–H and O–H groups in total. The third-order valence-electron chi connectivity index (χ3n) is 3.77. The van der Waals surface area contributed by atoms with E-state index in [-0.39, 0.29) is 12.0 Å². The van der Waals surface area contributed by atoms with Gasteiger partial charge < -0.3 is 10.4 Å². The van der Waals surface area contributed by atoms with Gasteiger partial charge in [0.15, 0.2) is 0 Å². The standard InChI is InChI=1S/C13H25NO2/c1-4-10-5-7-11(8-6-10)14-12(9(2)3)13(15)16/h9-12,14H,4-8H2,1-3H3,(H,15,16). The first-order chi connectivity index (χ1) is 7.54. The Balaban J connectivity index is 2.39. The second-order valence-corrected chi connectivity index (χ2v) is 5.35. The van der Waals surface area contributed by atoms with Gasteiger partial charge in [-0.25, -0.2) is 0 Å². The molecule has 1 aliphatic rings. The molecule has 16 heavy (non-hydrogen) atoms. The largest absolute Gasteiger partial charge is 0.480 e. The molecular weight excluding hydrogens is 202 g/mol. The minimum Gasteiger partial charge on any atom is -0.480 e. The molecule has 0 saturated heterocycles. The van der Waals surface area contributed by atoms with E-state index in [1.807, 2.05) is 13.8 Å². The van der Waals surface area contributed by atoms with Crippen LogP contribution < -0.4 is 5.32 Å². The highest BCUT2D eigenvalue weighted by molar-refractivity contribution is 5.73. The lowest BCUT2D eigenvalue weighted by Crippen LogP contribution is -2.47. The molecule has 3 heteroatoms. The fraction of sp³-hybridized carbons (Fsp3) is 0.923. The third kappa shape index (κ3) is 3.78. The highest BCUT2D eigenvalue weighted by Crippen LogP contribution is 2.27. The van der Waals surface area contributed by atoms with E-state index in [1.165, 1.54) is 19.3 Å². The number of hydrogen-bond acceptors (Lipinski definition) is 2. The van der Waals surface area contributed by atoms with Crippen LogP contribution in [0.2, 0.25) is 0 Å². The molecule has 0 aromatic heterocycles. The van der Waals surface area contributed by atoms with Gasteiger partial charge in [-0.2, -0.15) is 0 Å². The second-order valence-electron chi connectivity index (χ2n) is 5.35. The van der Waals surface area contributed by atoms with Crippen molar-refractivity contribution < 1.29 is 9.90 Å². The Labute approximate surface area is 98.6 Å². The third-order valence-corrected chi connectivity index (χ3v) is 3.77. The first kappa shape index (κ1) is 13.5. The summed E-state index contributed by atoms with van der Waals surface area (Å²) in [7, 11) is 0. The van der Waals surface area contributed by atoms with Gasteiger partial charge in [-0.1, -0.05) is 27.2 Å². The molecule has 1 unspecified atom stereocenters. The fourth-order valence-corrected chi connectivity index (χ4v) is 2.54. The SMILES string of the molecule is CCC1CCC(NC(C(=O)O)C(C)C)CC1. The summed E-state index contributed by atoms with van der Waals surface area (Å²) in [6, 6.07) is 0.0227. The molecule has 1 saturated carbocycles. The Kier molecular flexibility index (Phi) is 5.26. The van der Waals surface area contributed by atoms with Gasteiger partial charge in [0.25, 0.3) is 0 Å². The molecule has 1 fully saturated rings. The van der Waals surface area contributed by atoms with E-state index in [4.69, 9.17) is 5.11 Å². The zero-order chi connectivity index (χ0) is 12.1. The van der Waals surface area contributed by atoms with Crippen LogP contribution in [0.15, 0.2) is 0 Å². The summed E-state index contributed by atoms with van der Waals surface area (Å²) in [6.45, 7) is 6.17. The van der Waals surface area contributed by atoms with Gasteiger partial charge in [-0.3, -0.25) is 4.79 Å². The summed E-state index contributed by atoms with van der Waals surface area (Å²) in [6.07, 6.45) is 6.03. The Morgan fingerprint density at radius 3 is 2.25 bits per heavy atom. The highest BCUT2D eigenvalue weighted by Gasteiger charge is 2.27. The molecule has 0 aliphatic heterocycles. The Hall–Kier alpha value is -0.570. The summed E-state index contributed by atoms with van der Waals surface area (Å²) in [4.78, 5) is 11.1. The van der Waals surface area contributed by atoms with Gasteiger partial charge in [-0.05, 0) is 37.5 Å². The lowest BCUT2D eigenvalue weighted by atomic mass is 9.84. The van der Waals surface area contributed by atoms with Crippen LogP contribution in [0.3, 0.4) is 0 Å². The number of carbonyl (C=O) groups is 1. The zero-order valence-corrected chi connectivity index (χ0v) is 10.7. The van der Waals surface area contributed by atoms with Crippen molar-refractivity contribution in [1.82, 2.24) is 5.32 Å². The average molecular weight is 227 g/mol. The van der Waals surface area contributed by atoms with Crippen LogP contribution in [-0.4, -0.2) is 23.2 Å². The van der Waals surface area contributed by atoms with E-state index in [2.05, 4.69) is 12.2 Å². The first-order valence-electron chi connectivity index (χ1n) is 6.53. The zero-order valence-electron chi connectivity index (χ0n) is 10.7. The summed E-state index contributed by atoms with van der Waals surface area (Å²) in [5.74, 6) is 0.300. The van der Waals surface area contributed by atoms with Gasteiger partial charge in [0.05, 0.1) is 0 Å². The van der Waals surface area contributed by atoms with Crippen LogP contribution in [0, 0.1) is 11.8 Å². The van der Waals surface area contributed by atoms with E-state index in [0.717, 1.165) is 18.8 Å². The van der Waals surface area contributed by atoms with E-state index < -0.39 is 5.97 Å². The molecule has 1 rings (SSSR count). The molecule has 0 heterocycles. The maximum atomic E-state index is 11.1. The van der Waals surface area contributed by atoms with Crippen LogP contribution in [0.4, 0.5) is 0 Å². The van der Waals surface area contributed by atoms with Gasteiger partial charge in [0, 0.05) is 6.04 Å². The molecule has 0 radical (unpaired) electrons. The number of aliphatic carboxylic acids is 1.